The monoisotopic (exact) mass is 312 g/mol. The Kier molecular flexibility index (Phi) is 5.30. The molecule has 7 heteroatoms. The van der Waals surface area contributed by atoms with Crippen molar-refractivity contribution >= 4 is 28.3 Å². The van der Waals surface area contributed by atoms with Crippen LogP contribution in [0.4, 0.5) is 5.13 Å². The molecule has 1 N–H and O–H groups in total. The molecule has 1 aromatic rings. The predicted molar refractivity (Wildman–Crippen MR) is 79.6 cm³/mol. The highest BCUT2D eigenvalue weighted by atomic mass is 32.1. The fourth-order valence-electron chi connectivity index (χ4n) is 1.68. The lowest BCUT2D eigenvalue weighted by molar-refractivity contribution is -0.126. The minimum absolute atomic E-state index is 0.250. The van der Waals surface area contributed by atoms with E-state index in [2.05, 4.69) is 10.3 Å². The number of thiazole rings is 1. The summed E-state index contributed by atoms with van der Waals surface area (Å²) in [5, 5.41) is 3.07. The van der Waals surface area contributed by atoms with Crippen molar-refractivity contribution in [1.82, 2.24) is 4.98 Å². The third-order valence-electron chi connectivity index (χ3n) is 3.14. The molecule has 6 nitrogen and oxygen atoms in total. The van der Waals surface area contributed by atoms with Crippen molar-refractivity contribution in [3.8, 4) is 0 Å². The van der Waals surface area contributed by atoms with Gasteiger partial charge in [-0.3, -0.25) is 10.1 Å². The van der Waals surface area contributed by atoms with Crippen LogP contribution in [0.2, 0.25) is 0 Å². The molecule has 2 rings (SSSR count). The van der Waals surface area contributed by atoms with Gasteiger partial charge in [-0.2, -0.15) is 0 Å². The van der Waals surface area contributed by atoms with Crippen molar-refractivity contribution in [3.05, 3.63) is 10.6 Å². The topological polar surface area (TPSA) is 77.5 Å². The lowest BCUT2D eigenvalue weighted by atomic mass is 10.3. The summed E-state index contributed by atoms with van der Waals surface area (Å²) in [5.41, 5.74) is 0.556. The van der Waals surface area contributed by atoms with Gasteiger partial charge in [0.1, 0.15) is 11.0 Å². The third kappa shape index (κ3) is 4.50. The Morgan fingerprint density at radius 3 is 2.81 bits per heavy atom. The van der Waals surface area contributed by atoms with E-state index in [-0.39, 0.29) is 5.91 Å². The van der Waals surface area contributed by atoms with E-state index in [1.54, 1.807) is 20.8 Å². The Morgan fingerprint density at radius 1 is 1.48 bits per heavy atom. The van der Waals surface area contributed by atoms with E-state index >= 15 is 0 Å². The number of amides is 1. The Morgan fingerprint density at radius 2 is 2.19 bits per heavy atom. The molecule has 0 bridgehead atoms. The zero-order valence-electron chi connectivity index (χ0n) is 12.5. The number of anilines is 1. The number of hydrogen-bond acceptors (Lipinski definition) is 6. The number of rotatable bonds is 7. The van der Waals surface area contributed by atoms with Gasteiger partial charge in [0.25, 0.3) is 5.91 Å². The summed E-state index contributed by atoms with van der Waals surface area (Å²) in [6.45, 7) is 6.11. The summed E-state index contributed by atoms with van der Waals surface area (Å²) in [7, 11) is 0. The summed E-state index contributed by atoms with van der Waals surface area (Å²) in [6.07, 6.45) is 1.84. The normalized spacial score (nSPS) is 15.6. The Hall–Kier alpha value is -1.47. The summed E-state index contributed by atoms with van der Waals surface area (Å²) in [6, 6.07) is 0. The highest BCUT2D eigenvalue weighted by Gasteiger charge is 2.25. The van der Waals surface area contributed by atoms with Crippen molar-refractivity contribution in [2.24, 2.45) is 5.92 Å². The SMILES string of the molecule is CCOC(=O)c1sc(NC(=O)C(C)OCC2CC2)nc1C. The van der Waals surface area contributed by atoms with Gasteiger partial charge >= 0.3 is 5.97 Å². The van der Waals surface area contributed by atoms with Crippen molar-refractivity contribution in [1.29, 1.82) is 0 Å². The minimum Gasteiger partial charge on any atom is -0.462 e. The van der Waals surface area contributed by atoms with Gasteiger partial charge in [0.2, 0.25) is 0 Å². The first-order valence-corrected chi connectivity index (χ1v) is 7.90. The standard InChI is InChI=1S/C14H20N2O4S/c1-4-19-13(18)11-8(2)15-14(21-11)16-12(17)9(3)20-7-10-5-6-10/h9-10H,4-7H2,1-3H3,(H,15,16,17). The minimum atomic E-state index is -0.527. The van der Waals surface area contributed by atoms with Crippen LogP contribution in [0.5, 0.6) is 0 Å². The number of nitrogens with zero attached hydrogens (tertiary/aromatic N) is 1. The second kappa shape index (κ2) is 7.00. The van der Waals surface area contributed by atoms with Gasteiger partial charge in [0, 0.05) is 0 Å². The van der Waals surface area contributed by atoms with E-state index < -0.39 is 12.1 Å². The maximum Gasteiger partial charge on any atom is 0.350 e. The molecule has 0 spiro atoms. The zero-order chi connectivity index (χ0) is 15.4. The van der Waals surface area contributed by atoms with Crippen LogP contribution in [0, 0.1) is 12.8 Å². The number of carbonyl (C=O) groups excluding carboxylic acids is 2. The molecule has 0 aromatic carbocycles. The molecule has 1 aromatic heterocycles. The first-order valence-electron chi connectivity index (χ1n) is 7.08. The Labute approximate surface area is 127 Å². The van der Waals surface area contributed by atoms with Crippen LogP contribution in [0.1, 0.15) is 42.1 Å². The molecule has 1 aliphatic carbocycles. The van der Waals surface area contributed by atoms with Gasteiger partial charge in [0.05, 0.1) is 18.9 Å². The lowest BCUT2D eigenvalue weighted by Crippen LogP contribution is -2.28. The molecule has 0 radical (unpaired) electrons. The zero-order valence-corrected chi connectivity index (χ0v) is 13.3. The van der Waals surface area contributed by atoms with Crippen LogP contribution in [-0.2, 0) is 14.3 Å². The number of nitrogens with one attached hydrogen (secondary N) is 1. The molecule has 1 atom stereocenters. The smallest absolute Gasteiger partial charge is 0.350 e. The second-order valence-electron chi connectivity index (χ2n) is 5.06. The molecular weight excluding hydrogens is 292 g/mol. The molecule has 1 heterocycles. The molecule has 1 unspecified atom stereocenters. The number of ether oxygens (including phenoxy) is 2. The lowest BCUT2D eigenvalue weighted by Gasteiger charge is -2.11. The number of hydrogen-bond donors (Lipinski definition) is 1. The van der Waals surface area contributed by atoms with Crippen LogP contribution in [-0.4, -0.2) is 36.2 Å². The average Bonchev–Trinajstić information content (AvgIpc) is 3.19. The highest BCUT2D eigenvalue weighted by Crippen LogP contribution is 2.29. The van der Waals surface area contributed by atoms with E-state index in [9.17, 15) is 9.59 Å². The predicted octanol–water partition coefficient (Wildman–Crippen LogP) is 2.38. The average molecular weight is 312 g/mol. The molecule has 1 fully saturated rings. The second-order valence-corrected chi connectivity index (χ2v) is 6.06. The number of carbonyl (C=O) groups is 2. The van der Waals surface area contributed by atoms with Crippen LogP contribution >= 0.6 is 11.3 Å². The maximum absolute atomic E-state index is 12.0. The largest absolute Gasteiger partial charge is 0.462 e. The van der Waals surface area contributed by atoms with Crippen LogP contribution < -0.4 is 5.32 Å². The van der Waals surface area contributed by atoms with Gasteiger partial charge in [-0.1, -0.05) is 11.3 Å². The number of aryl methyl sites for hydroxylation is 1. The number of esters is 1. The van der Waals surface area contributed by atoms with Crippen LogP contribution in [0.25, 0.3) is 0 Å². The Balaban J connectivity index is 1.90. The van der Waals surface area contributed by atoms with Gasteiger partial charge in [-0.25, -0.2) is 9.78 Å². The summed E-state index contributed by atoms with van der Waals surface area (Å²) in [5.74, 6) is -0.0522. The quantitative estimate of drug-likeness (QED) is 0.782. The fourth-order valence-corrected chi connectivity index (χ4v) is 2.55. The third-order valence-corrected chi connectivity index (χ3v) is 4.19. The molecule has 116 valence electrons. The van der Waals surface area contributed by atoms with E-state index in [0.717, 1.165) is 11.3 Å². The highest BCUT2D eigenvalue weighted by molar-refractivity contribution is 7.17. The molecule has 0 aliphatic heterocycles. The van der Waals surface area contributed by atoms with Gasteiger partial charge < -0.3 is 9.47 Å². The van der Waals surface area contributed by atoms with Crippen LogP contribution in [0.15, 0.2) is 0 Å². The molecular formula is C14H20N2O4S. The summed E-state index contributed by atoms with van der Waals surface area (Å²) < 4.78 is 10.4. The van der Waals surface area contributed by atoms with Gasteiger partial charge in [0.15, 0.2) is 5.13 Å². The van der Waals surface area contributed by atoms with Gasteiger partial charge in [-0.05, 0) is 39.5 Å². The molecule has 1 saturated carbocycles. The van der Waals surface area contributed by atoms with Crippen molar-refractivity contribution < 1.29 is 19.1 Å². The van der Waals surface area contributed by atoms with Crippen molar-refractivity contribution in [2.45, 2.75) is 39.7 Å². The molecule has 21 heavy (non-hydrogen) atoms. The van der Waals surface area contributed by atoms with E-state index in [1.807, 2.05) is 0 Å². The van der Waals surface area contributed by atoms with E-state index in [4.69, 9.17) is 9.47 Å². The van der Waals surface area contributed by atoms with Crippen molar-refractivity contribution in [2.75, 3.05) is 18.5 Å². The Bertz CT molecular complexity index is 525. The summed E-state index contributed by atoms with van der Waals surface area (Å²) in [4.78, 5) is 28.3. The molecule has 1 amide bonds. The van der Waals surface area contributed by atoms with E-state index in [1.165, 1.54) is 12.8 Å². The van der Waals surface area contributed by atoms with Gasteiger partial charge in [-0.15, -0.1) is 0 Å². The van der Waals surface area contributed by atoms with Crippen molar-refractivity contribution in [3.63, 3.8) is 0 Å². The maximum atomic E-state index is 12.0. The fraction of sp³-hybridized carbons (Fsp3) is 0.643. The molecule has 1 aliphatic rings. The van der Waals surface area contributed by atoms with E-state index in [0.29, 0.717) is 34.8 Å². The first kappa shape index (κ1) is 15.9. The first-order chi connectivity index (χ1) is 10.0. The van der Waals surface area contributed by atoms with Crippen LogP contribution in [0.3, 0.4) is 0 Å². The number of aromatic nitrogens is 1. The molecule has 0 saturated heterocycles. The summed E-state index contributed by atoms with van der Waals surface area (Å²) >= 11 is 1.12.